The summed E-state index contributed by atoms with van der Waals surface area (Å²) in [6.07, 6.45) is 0.770. The van der Waals surface area contributed by atoms with E-state index in [1.807, 2.05) is 6.07 Å². The Bertz CT molecular complexity index is 1040. The van der Waals surface area contributed by atoms with Crippen molar-refractivity contribution >= 4 is 11.8 Å². The SMILES string of the molecule is COc1c(OC(O)O)ccc(-c2cccc3c2CCC3=O)c1OCC(C)(C)C(=O)OC(C)C. The smallest absolute Gasteiger partial charge is 0.315 e. The number of ketones is 1. The predicted molar refractivity (Wildman–Crippen MR) is 120 cm³/mol. The van der Waals surface area contributed by atoms with Crippen LogP contribution in [0, 0.1) is 5.41 Å². The van der Waals surface area contributed by atoms with Gasteiger partial charge in [0.2, 0.25) is 5.75 Å². The van der Waals surface area contributed by atoms with Gasteiger partial charge < -0.3 is 29.2 Å². The normalized spacial score (nSPS) is 13.3. The zero-order valence-electron chi connectivity index (χ0n) is 19.5. The van der Waals surface area contributed by atoms with Crippen LogP contribution in [0.3, 0.4) is 0 Å². The molecule has 0 saturated carbocycles. The Morgan fingerprint density at radius 3 is 2.36 bits per heavy atom. The second kappa shape index (κ2) is 9.80. The fourth-order valence-electron chi connectivity index (χ4n) is 3.73. The summed E-state index contributed by atoms with van der Waals surface area (Å²) in [5.74, 6) is 0.117. The zero-order valence-corrected chi connectivity index (χ0v) is 19.5. The third kappa shape index (κ3) is 5.29. The third-order valence-electron chi connectivity index (χ3n) is 5.35. The highest BCUT2D eigenvalue weighted by Crippen LogP contribution is 2.47. The molecule has 2 aromatic carbocycles. The Kier molecular flexibility index (Phi) is 7.29. The maximum atomic E-state index is 12.5. The van der Waals surface area contributed by atoms with Gasteiger partial charge in [-0.2, -0.15) is 0 Å². The third-order valence-corrected chi connectivity index (χ3v) is 5.35. The van der Waals surface area contributed by atoms with Gasteiger partial charge in [0.15, 0.2) is 17.3 Å². The monoisotopic (exact) mass is 458 g/mol. The van der Waals surface area contributed by atoms with Crippen LogP contribution in [0.1, 0.15) is 50.0 Å². The quantitative estimate of drug-likeness (QED) is 0.434. The lowest BCUT2D eigenvalue weighted by atomic mass is 9.94. The molecule has 0 bridgehead atoms. The molecule has 0 fully saturated rings. The summed E-state index contributed by atoms with van der Waals surface area (Å²) in [6, 6.07) is 8.73. The first-order valence-electron chi connectivity index (χ1n) is 10.8. The highest BCUT2D eigenvalue weighted by atomic mass is 16.7. The first-order valence-corrected chi connectivity index (χ1v) is 10.8. The molecule has 0 spiro atoms. The standard InChI is InChI=1S/C25H30O8/c1-14(2)32-23(27)25(3,4)13-31-21-18(10-12-20(22(21)30-5)33-24(28)29)15-7-6-8-17-16(15)9-11-19(17)26/h6-8,10,12,14,24,28-29H,9,11,13H2,1-5H3. The maximum Gasteiger partial charge on any atom is 0.315 e. The summed E-state index contributed by atoms with van der Waals surface area (Å²) >= 11 is 0. The number of hydrogen-bond acceptors (Lipinski definition) is 8. The van der Waals surface area contributed by atoms with Gasteiger partial charge >= 0.3 is 12.4 Å². The maximum absolute atomic E-state index is 12.5. The highest BCUT2D eigenvalue weighted by molar-refractivity contribution is 6.02. The summed E-state index contributed by atoms with van der Waals surface area (Å²) < 4.78 is 22.1. The number of aliphatic hydroxyl groups excluding tert-OH is 1. The van der Waals surface area contributed by atoms with E-state index in [1.54, 1.807) is 45.9 Å². The Morgan fingerprint density at radius 2 is 1.73 bits per heavy atom. The lowest BCUT2D eigenvalue weighted by molar-refractivity contribution is -0.180. The van der Waals surface area contributed by atoms with Gasteiger partial charge in [-0.3, -0.25) is 9.59 Å². The Morgan fingerprint density at radius 1 is 1.03 bits per heavy atom. The van der Waals surface area contributed by atoms with Crippen LogP contribution in [0.2, 0.25) is 0 Å². The molecule has 1 aliphatic rings. The van der Waals surface area contributed by atoms with Crippen molar-refractivity contribution in [3.8, 4) is 28.4 Å². The molecular weight excluding hydrogens is 428 g/mol. The number of Topliss-reactive ketones (excluding diaryl/α,β-unsaturated/α-hetero) is 1. The number of aliphatic hydroxyl groups is 2. The number of esters is 1. The highest BCUT2D eigenvalue weighted by Gasteiger charge is 2.33. The van der Waals surface area contributed by atoms with E-state index in [0.29, 0.717) is 24.0 Å². The van der Waals surface area contributed by atoms with E-state index in [2.05, 4.69) is 0 Å². The van der Waals surface area contributed by atoms with E-state index in [9.17, 15) is 19.8 Å². The number of methoxy groups -OCH3 is 1. The minimum Gasteiger partial charge on any atom is -0.490 e. The molecule has 3 rings (SSSR count). The first kappa shape index (κ1) is 24.5. The molecular formula is C25H30O8. The van der Waals surface area contributed by atoms with E-state index in [4.69, 9.17) is 18.9 Å². The van der Waals surface area contributed by atoms with E-state index in [-0.39, 0.29) is 35.7 Å². The molecule has 0 heterocycles. The first-order chi connectivity index (χ1) is 15.5. The van der Waals surface area contributed by atoms with Crippen molar-refractivity contribution in [1.29, 1.82) is 0 Å². The molecule has 0 amide bonds. The van der Waals surface area contributed by atoms with Gasteiger partial charge in [0.1, 0.15) is 6.61 Å². The van der Waals surface area contributed by atoms with Crippen molar-refractivity contribution in [3.05, 3.63) is 41.5 Å². The van der Waals surface area contributed by atoms with Gasteiger partial charge in [0.25, 0.3) is 0 Å². The number of carbonyl (C=O) groups is 2. The fraction of sp³-hybridized carbons (Fsp3) is 0.440. The number of rotatable bonds is 9. The van der Waals surface area contributed by atoms with Gasteiger partial charge in [0, 0.05) is 17.5 Å². The molecule has 8 nitrogen and oxygen atoms in total. The van der Waals surface area contributed by atoms with Gasteiger partial charge in [-0.25, -0.2) is 0 Å². The summed E-state index contributed by atoms with van der Waals surface area (Å²) in [4.78, 5) is 24.8. The minimum absolute atomic E-state index is 0.0407. The predicted octanol–water partition coefficient (Wildman–Crippen LogP) is 3.49. The second-order valence-corrected chi connectivity index (χ2v) is 8.80. The van der Waals surface area contributed by atoms with E-state index in [1.165, 1.54) is 13.2 Å². The topological polar surface area (TPSA) is 112 Å². The van der Waals surface area contributed by atoms with E-state index >= 15 is 0 Å². The molecule has 0 saturated heterocycles. The summed E-state index contributed by atoms with van der Waals surface area (Å²) in [6.45, 7) is 4.86. The number of carbonyl (C=O) groups excluding carboxylic acids is 2. The van der Waals surface area contributed by atoms with E-state index in [0.717, 1.165) is 11.1 Å². The summed E-state index contributed by atoms with van der Waals surface area (Å²) in [7, 11) is 1.40. The number of hydrogen-bond donors (Lipinski definition) is 2. The summed E-state index contributed by atoms with van der Waals surface area (Å²) in [5, 5.41) is 18.6. The van der Waals surface area contributed by atoms with Gasteiger partial charge in [-0.15, -0.1) is 0 Å². The molecule has 178 valence electrons. The average Bonchev–Trinajstić information content (AvgIpc) is 3.12. The van der Waals surface area contributed by atoms with Crippen LogP contribution in [0.15, 0.2) is 30.3 Å². The fourth-order valence-corrected chi connectivity index (χ4v) is 3.73. The molecule has 8 heteroatoms. The molecule has 0 radical (unpaired) electrons. The Balaban J connectivity index is 2.08. The minimum atomic E-state index is -2.06. The number of benzene rings is 2. The van der Waals surface area contributed by atoms with Gasteiger partial charge in [-0.05, 0) is 57.4 Å². The van der Waals surface area contributed by atoms with Gasteiger partial charge in [0.05, 0.1) is 18.6 Å². The molecule has 0 unspecified atom stereocenters. The zero-order chi connectivity index (χ0) is 24.3. The molecule has 0 aliphatic heterocycles. The number of ether oxygens (including phenoxy) is 4. The molecule has 0 aromatic heterocycles. The molecule has 33 heavy (non-hydrogen) atoms. The number of fused-ring (bicyclic) bond motifs is 1. The van der Waals surface area contributed by atoms with Crippen molar-refractivity contribution in [2.45, 2.75) is 53.1 Å². The molecule has 2 N–H and O–H groups in total. The summed E-state index contributed by atoms with van der Waals surface area (Å²) in [5.41, 5.74) is 2.03. The second-order valence-electron chi connectivity index (χ2n) is 8.80. The van der Waals surface area contributed by atoms with Crippen LogP contribution >= 0.6 is 0 Å². The molecule has 1 aliphatic carbocycles. The van der Waals surface area contributed by atoms with Crippen LogP contribution in [0.25, 0.3) is 11.1 Å². The average molecular weight is 459 g/mol. The Labute approximate surface area is 193 Å². The Hall–Kier alpha value is -3.10. The van der Waals surface area contributed by atoms with Gasteiger partial charge in [-0.1, -0.05) is 18.2 Å². The van der Waals surface area contributed by atoms with Crippen LogP contribution in [-0.2, 0) is 16.0 Å². The van der Waals surface area contributed by atoms with Crippen LogP contribution in [-0.4, -0.2) is 48.3 Å². The van der Waals surface area contributed by atoms with Crippen molar-refractivity contribution in [2.75, 3.05) is 13.7 Å². The van der Waals surface area contributed by atoms with Crippen LogP contribution < -0.4 is 14.2 Å². The largest absolute Gasteiger partial charge is 0.490 e. The van der Waals surface area contributed by atoms with Crippen molar-refractivity contribution in [1.82, 2.24) is 0 Å². The lowest BCUT2D eigenvalue weighted by Gasteiger charge is -2.26. The van der Waals surface area contributed by atoms with Crippen LogP contribution in [0.5, 0.6) is 17.2 Å². The van der Waals surface area contributed by atoms with Crippen molar-refractivity contribution in [2.24, 2.45) is 5.41 Å². The van der Waals surface area contributed by atoms with Crippen molar-refractivity contribution < 1.29 is 38.7 Å². The molecule has 0 atom stereocenters. The molecule has 2 aromatic rings. The van der Waals surface area contributed by atoms with E-state index < -0.39 is 17.9 Å². The van der Waals surface area contributed by atoms with Crippen LogP contribution in [0.4, 0.5) is 0 Å². The van der Waals surface area contributed by atoms with Crippen molar-refractivity contribution in [3.63, 3.8) is 0 Å². The lowest BCUT2D eigenvalue weighted by Crippen LogP contribution is -2.34.